The van der Waals surface area contributed by atoms with Gasteiger partial charge in [0.15, 0.2) is 11.5 Å². The number of piperidine rings is 1. The summed E-state index contributed by atoms with van der Waals surface area (Å²) in [6, 6.07) is 13.6. The van der Waals surface area contributed by atoms with Crippen molar-refractivity contribution in [3.63, 3.8) is 0 Å². The van der Waals surface area contributed by atoms with Crippen molar-refractivity contribution in [2.75, 3.05) is 40.5 Å². The van der Waals surface area contributed by atoms with Crippen LogP contribution in [0.15, 0.2) is 42.5 Å². The van der Waals surface area contributed by atoms with Crippen molar-refractivity contribution < 1.29 is 34.0 Å². The minimum absolute atomic E-state index is 0.386. The van der Waals surface area contributed by atoms with Gasteiger partial charge in [-0.25, -0.2) is 0 Å². The molecule has 1 spiro atoms. The molecule has 3 N–H and O–H groups in total. The van der Waals surface area contributed by atoms with Crippen molar-refractivity contribution in [3.05, 3.63) is 59.2 Å². The molecule has 34 heavy (non-hydrogen) atoms. The zero-order valence-corrected chi connectivity index (χ0v) is 19.7. The van der Waals surface area contributed by atoms with Crippen molar-refractivity contribution in [1.82, 2.24) is 5.32 Å². The number of carbonyl (C=O) groups is 1. The summed E-state index contributed by atoms with van der Waals surface area (Å²) in [5.41, 5.74) is 2.17. The van der Waals surface area contributed by atoms with Gasteiger partial charge in [-0.2, -0.15) is 0 Å². The maximum atomic E-state index is 11.6. The SMILES string of the molecule is COc1cc2c(cc1OC)C1(OCCO1)C(C(=O)O)CC2.OC1(c2ccccc2)CCNCC1. The standard InChI is InChI=1S/C15H18O6.C11H15NO/c1-18-12-7-9-3-4-10(14(16)17)15(20-5-6-21-15)11(9)8-13(12)19-2;13-11(6-8-12-9-7-11)10-4-2-1-3-5-10/h7-8,10H,3-6H2,1-2H3,(H,16,17);1-5,12-13H,6-9H2. The first-order valence-electron chi connectivity index (χ1n) is 11.7. The average molecular weight is 472 g/mol. The Morgan fingerprint density at radius 2 is 1.65 bits per heavy atom. The highest BCUT2D eigenvalue weighted by Crippen LogP contribution is 2.49. The largest absolute Gasteiger partial charge is 0.493 e. The molecule has 0 amide bonds. The summed E-state index contributed by atoms with van der Waals surface area (Å²) < 4.78 is 22.1. The minimum Gasteiger partial charge on any atom is -0.493 e. The van der Waals surface area contributed by atoms with Crippen LogP contribution in [0.25, 0.3) is 0 Å². The summed E-state index contributed by atoms with van der Waals surface area (Å²) in [5, 5.41) is 23.1. The van der Waals surface area contributed by atoms with Gasteiger partial charge in [0.05, 0.1) is 33.0 Å². The van der Waals surface area contributed by atoms with Crippen LogP contribution in [0.1, 0.15) is 36.0 Å². The number of benzene rings is 2. The Morgan fingerprint density at radius 1 is 1.03 bits per heavy atom. The van der Waals surface area contributed by atoms with Crippen molar-refractivity contribution in [3.8, 4) is 11.5 Å². The lowest BCUT2D eigenvalue weighted by Gasteiger charge is -2.38. The Kier molecular flexibility index (Phi) is 7.42. The van der Waals surface area contributed by atoms with E-state index < -0.39 is 23.3 Å². The Morgan fingerprint density at radius 3 is 2.24 bits per heavy atom. The quantitative estimate of drug-likeness (QED) is 0.625. The zero-order chi connectivity index (χ0) is 24.2. The number of hydrogen-bond acceptors (Lipinski definition) is 7. The number of aryl methyl sites for hydroxylation is 1. The monoisotopic (exact) mass is 471 g/mol. The van der Waals surface area contributed by atoms with Crippen molar-refractivity contribution in [1.29, 1.82) is 0 Å². The molecule has 2 fully saturated rings. The van der Waals surface area contributed by atoms with Crippen molar-refractivity contribution in [2.45, 2.75) is 37.1 Å². The van der Waals surface area contributed by atoms with Crippen LogP contribution in [-0.2, 0) is 32.1 Å². The highest BCUT2D eigenvalue weighted by Gasteiger charge is 2.53. The molecule has 1 unspecified atom stereocenters. The number of carboxylic acids is 1. The molecule has 0 bridgehead atoms. The number of ether oxygens (including phenoxy) is 4. The second-order valence-corrected chi connectivity index (χ2v) is 8.81. The van der Waals surface area contributed by atoms with Gasteiger partial charge in [-0.1, -0.05) is 30.3 Å². The van der Waals surface area contributed by atoms with Crippen LogP contribution in [0.2, 0.25) is 0 Å². The number of aliphatic carboxylic acids is 1. The van der Waals surface area contributed by atoms with E-state index in [0.717, 1.165) is 42.6 Å². The summed E-state index contributed by atoms with van der Waals surface area (Å²) in [7, 11) is 3.12. The highest BCUT2D eigenvalue weighted by molar-refractivity contribution is 5.73. The summed E-state index contributed by atoms with van der Waals surface area (Å²) in [6.07, 6.45) is 2.74. The molecule has 2 aromatic rings. The molecule has 1 aliphatic carbocycles. The normalized spacial score (nSPS) is 22.3. The van der Waals surface area contributed by atoms with Crippen molar-refractivity contribution >= 4 is 5.97 Å². The lowest BCUT2D eigenvalue weighted by atomic mass is 9.78. The minimum atomic E-state index is -1.21. The third-order valence-electron chi connectivity index (χ3n) is 6.90. The van der Waals surface area contributed by atoms with Gasteiger partial charge in [-0.15, -0.1) is 0 Å². The summed E-state index contributed by atoms with van der Waals surface area (Å²) in [6.45, 7) is 2.59. The number of hydrogen-bond donors (Lipinski definition) is 3. The Bertz CT molecular complexity index is 982. The highest BCUT2D eigenvalue weighted by atomic mass is 16.7. The van der Waals surface area contributed by atoms with Crippen LogP contribution in [0.3, 0.4) is 0 Å². The predicted octanol–water partition coefficient (Wildman–Crippen LogP) is 2.81. The Hall–Kier alpha value is -2.65. The fraction of sp³-hybridized carbons (Fsp3) is 0.500. The molecule has 8 heteroatoms. The molecule has 2 saturated heterocycles. The fourth-order valence-electron chi connectivity index (χ4n) is 5.08. The molecule has 5 rings (SSSR count). The van der Waals surface area contributed by atoms with Gasteiger partial charge in [0.2, 0.25) is 5.79 Å². The summed E-state index contributed by atoms with van der Waals surface area (Å²) in [5.74, 6) is -1.67. The number of aliphatic hydroxyl groups is 1. The molecule has 0 saturated carbocycles. The van der Waals surface area contributed by atoms with Gasteiger partial charge in [-0.05, 0) is 62.0 Å². The van der Waals surface area contributed by atoms with Gasteiger partial charge in [-0.3, -0.25) is 4.79 Å². The zero-order valence-electron chi connectivity index (χ0n) is 19.7. The molecule has 184 valence electrons. The summed E-state index contributed by atoms with van der Waals surface area (Å²) in [4.78, 5) is 11.6. The van der Waals surface area contributed by atoms with Gasteiger partial charge in [0.1, 0.15) is 5.92 Å². The molecule has 2 aromatic carbocycles. The lowest BCUT2D eigenvalue weighted by Crippen LogP contribution is -2.44. The Labute approximate surface area is 199 Å². The number of fused-ring (bicyclic) bond motifs is 2. The van der Waals surface area contributed by atoms with Gasteiger partial charge >= 0.3 is 5.97 Å². The van der Waals surface area contributed by atoms with Crippen LogP contribution in [0.4, 0.5) is 0 Å². The van der Waals surface area contributed by atoms with E-state index in [1.54, 1.807) is 20.3 Å². The number of nitrogens with one attached hydrogen (secondary N) is 1. The van der Waals surface area contributed by atoms with E-state index in [1.165, 1.54) is 0 Å². The van der Waals surface area contributed by atoms with Gasteiger partial charge < -0.3 is 34.5 Å². The first-order valence-corrected chi connectivity index (χ1v) is 11.7. The third-order valence-corrected chi connectivity index (χ3v) is 6.90. The molecule has 0 aromatic heterocycles. The maximum Gasteiger partial charge on any atom is 0.312 e. The first kappa shape index (κ1) is 24.5. The second kappa shape index (κ2) is 10.3. The van der Waals surface area contributed by atoms with Crippen LogP contribution in [0, 0.1) is 5.92 Å². The Balaban J connectivity index is 0.000000180. The first-order chi connectivity index (χ1) is 16.4. The van der Waals surface area contributed by atoms with E-state index >= 15 is 0 Å². The van der Waals surface area contributed by atoms with Crippen LogP contribution in [-0.4, -0.2) is 56.7 Å². The fourth-order valence-corrected chi connectivity index (χ4v) is 5.08. The molecule has 0 radical (unpaired) electrons. The van der Waals surface area contributed by atoms with E-state index in [4.69, 9.17) is 18.9 Å². The number of methoxy groups -OCH3 is 2. The molecule has 3 aliphatic rings. The molecular weight excluding hydrogens is 438 g/mol. The molecule has 1 atom stereocenters. The lowest BCUT2D eigenvalue weighted by molar-refractivity contribution is -0.219. The van der Waals surface area contributed by atoms with E-state index in [-0.39, 0.29) is 0 Å². The van der Waals surface area contributed by atoms with Crippen LogP contribution in [0.5, 0.6) is 11.5 Å². The topological polar surface area (TPSA) is 106 Å². The third kappa shape index (κ3) is 4.63. The van der Waals surface area contributed by atoms with Crippen molar-refractivity contribution in [2.24, 2.45) is 5.92 Å². The molecular formula is C26H33NO7. The van der Waals surface area contributed by atoms with Crippen LogP contribution < -0.4 is 14.8 Å². The van der Waals surface area contributed by atoms with E-state index in [9.17, 15) is 15.0 Å². The predicted molar refractivity (Wildman–Crippen MR) is 125 cm³/mol. The van der Waals surface area contributed by atoms with E-state index in [0.29, 0.717) is 37.6 Å². The number of rotatable bonds is 4. The summed E-state index contributed by atoms with van der Waals surface area (Å²) >= 11 is 0. The van der Waals surface area contributed by atoms with E-state index in [2.05, 4.69) is 5.32 Å². The maximum absolute atomic E-state index is 11.6. The van der Waals surface area contributed by atoms with Gasteiger partial charge in [0.25, 0.3) is 0 Å². The molecule has 8 nitrogen and oxygen atoms in total. The molecule has 2 aliphatic heterocycles. The van der Waals surface area contributed by atoms with Gasteiger partial charge in [0, 0.05) is 5.56 Å². The average Bonchev–Trinajstić information content (AvgIpc) is 3.34. The smallest absolute Gasteiger partial charge is 0.312 e. The van der Waals surface area contributed by atoms with Crippen LogP contribution >= 0.6 is 0 Å². The number of carboxylic acid groups (broad SMARTS) is 1. The second-order valence-electron chi connectivity index (χ2n) is 8.81. The van der Waals surface area contributed by atoms with E-state index in [1.807, 2.05) is 36.4 Å². The molecule has 2 heterocycles.